The van der Waals surface area contributed by atoms with Crippen molar-refractivity contribution >= 4 is 5.95 Å². The van der Waals surface area contributed by atoms with Crippen LogP contribution in [0.3, 0.4) is 0 Å². The van der Waals surface area contributed by atoms with Gasteiger partial charge in [-0.15, -0.1) is 10.2 Å². The van der Waals surface area contributed by atoms with Crippen LogP contribution in [0, 0.1) is 11.8 Å². The first kappa shape index (κ1) is 11.8. The minimum atomic E-state index is 0.241. The molecule has 0 saturated heterocycles. The molecular weight excluding hydrogens is 192 g/mol. The summed E-state index contributed by atoms with van der Waals surface area (Å²) in [6.07, 6.45) is 1.79. The third kappa shape index (κ3) is 3.09. The third-order valence-electron chi connectivity index (χ3n) is 2.40. The molecule has 1 heterocycles. The van der Waals surface area contributed by atoms with E-state index in [9.17, 15) is 0 Å². The van der Waals surface area contributed by atoms with Crippen molar-refractivity contribution in [1.82, 2.24) is 14.9 Å². The molecule has 1 rings (SSSR count). The van der Waals surface area contributed by atoms with Crippen molar-refractivity contribution in [3.05, 3.63) is 5.82 Å². The van der Waals surface area contributed by atoms with Crippen molar-refractivity contribution in [2.75, 3.05) is 18.1 Å². The van der Waals surface area contributed by atoms with Crippen LogP contribution in [-0.2, 0) is 6.42 Å². The Morgan fingerprint density at radius 1 is 1.33 bits per heavy atom. The van der Waals surface area contributed by atoms with Crippen LogP contribution >= 0.6 is 0 Å². The lowest BCUT2D eigenvalue weighted by molar-refractivity contribution is 0.406. The van der Waals surface area contributed by atoms with E-state index < -0.39 is 0 Å². The number of hydrogen-bond acceptors (Lipinski definition) is 5. The van der Waals surface area contributed by atoms with Crippen LogP contribution in [0.25, 0.3) is 0 Å². The van der Waals surface area contributed by atoms with Crippen molar-refractivity contribution in [2.24, 2.45) is 17.6 Å². The van der Waals surface area contributed by atoms with Gasteiger partial charge in [-0.3, -0.25) is 0 Å². The molecule has 0 spiro atoms. The number of nitrogens with two attached hydrogens (primary N) is 3. The van der Waals surface area contributed by atoms with Gasteiger partial charge in [-0.1, -0.05) is 13.8 Å². The van der Waals surface area contributed by atoms with Gasteiger partial charge in [-0.05, 0) is 24.8 Å². The predicted molar refractivity (Wildman–Crippen MR) is 60.3 cm³/mol. The van der Waals surface area contributed by atoms with Crippen molar-refractivity contribution in [3.8, 4) is 0 Å². The Balaban J connectivity index is 2.62. The number of nitrogens with zero attached hydrogens (tertiary/aromatic N) is 3. The highest BCUT2D eigenvalue weighted by Crippen LogP contribution is 2.15. The first-order valence-electron chi connectivity index (χ1n) is 5.19. The van der Waals surface area contributed by atoms with Crippen LogP contribution in [0.5, 0.6) is 0 Å². The summed E-state index contributed by atoms with van der Waals surface area (Å²) in [5.74, 6) is 7.60. The lowest BCUT2D eigenvalue weighted by Crippen LogP contribution is -2.23. The van der Waals surface area contributed by atoms with Gasteiger partial charge in [0.15, 0.2) is 5.82 Å². The normalized spacial score (nSPS) is 13.3. The van der Waals surface area contributed by atoms with E-state index in [1.165, 1.54) is 4.68 Å². The maximum Gasteiger partial charge on any atom is 0.240 e. The maximum atomic E-state index is 5.70. The Morgan fingerprint density at radius 2 is 2.00 bits per heavy atom. The summed E-state index contributed by atoms with van der Waals surface area (Å²) in [5.41, 5.74) is 11.2. The smallest absolute Gasteiger partial charge is 0.240 e. The Bertz CT molecular complexity index is 306. The fraction of sp³-hybridized carbons (Fsp3) is 0.778. The predicted octanol–water partition coefficient (Wildman–Crippen LogP) is -0.262. The molecule has 0 unspecified atom stereocenters. The third-order valence-corrected chi connectivity index (χ3v) is 2.40. The Morgan fingerprint density at radius 3 is 2.40 bits per heavy atom. The largest absolute Gasteiger partial charge is 0.366 e. The van der Waals surface area contributed by atoms with Gasteiger partial charge < -0.3 is 17.3 Å². The Kier molecular flexibility index (Phi) is 3.90. The van der Waals surface area contributed by atoms with Gasteiger partial charge in [0.1, 0.15) is 0 Å². The summed E-state index contributed by atoms with van der Waals surface area (Å²) >= 11 is 0. The molecule has 1 aromatic rings. The summed E-state index contributed by atoms with van der Waals surface area (Å²) in [6, 6.07) is 0. The summed E-state index contributed by atoms with van der Waals surface area (Å²) in [7, 11) is 0. The number of hydrogen-bond donors (Lipinski definition) is 3. The van der Waals surface area contributed by atoms with E-state index in [0.717, 1.165) is 12.8 Å². The van der Waals surface area contributed by atoms with E-state index in [1.54, 1.807) is 0 Å². The zero-order valence-corrected chi connectivity index (χ0v) is 9.35. The Labute approximate surface area is 89.8 Å². The van der Waals surface area contributed by atoms with Crippen LogP contribution < -0.4 is 17.3 Å². The standard InChI is InChI=1S/C9H20N6/c1-6(2)3-7(5-10)4-8-13-14-9(11)15(8)12/h6-7H,3-5,10,12H2,1-2H3,(H2,11,14)/t7-/m0/s1. The molecule has 0 aliphatic rings. The molecule has 1 aromatic heterocycles. The van der Waals surface area contributed by atoms with Crippen LogP contribution in [0.15, 0.2) is 0 Å². The molecule has 0 aromatic carbocycles. The van der Waals surface area contributed by atoms with Crippen LogP contribution in [0.1, 0.15) is 26.1 Å². The first-order valence-corrected chi connectivity index (χ1v) is 5.19. The molecule has 0 bridgehead atoms. The van der Waals surface area contributed by atoms with Gasteiger partial charge in [-0.25, -0.2) is 4.68 Å². The average molecular weight is 212 g/mol. The molecule has 0 aliphatic carbocycles. The topological polar surface area (TPSA) is 109 Å². The molecule has 0 fully saturated rings. The number of rotatable bonds is 5. The van der Waals surface area contributed by atoms with Crippen LogP contribution in [-0.4, -0.2) is 21.4 Å². The summed E-state index contributed by atoms with van der Waals surface area (Å²) in [4.78, 5) is 0. The molecule has 0 radical (unpaired) electrons. The monoisotopic (exact) mass is 212 g/mol. The molecule has 0 saturated carbocycles. The fourth-order valence-corrected chi connectivity index (χ4v) is 1.66. The highest BCUT2D eigenvalue weighted by Gasteiger charge is 2.14. The summed E-state index contributed by atoms with van der Waals surface area (Å²) in [6.45, 7) is 4.97. The highest BCUT2D eigenvalue weighted by molar-refractivity contribution is 5.17. The highest BCUT2D eigenvalue weighted by atomic mass is 15.4. The molecule has 0 aliphatic heterocycles. The number of aromatic nitrogens is 3. The van der Waals surface area contributed by atoms with Gasteiger partial charge in [0.05, 0.1) is 0 Å². The molecular formula is C9H20N6. The molecule has 1 atom stereocenters. The van der Waals surface area contributed by atoms with Crippen molar-refractivity contribution in [1.29, 1.82) is 0 Å². The van der Waals surface area contributed by atoms with E-state index >= 15 is 0 Å². The SMILES string of the molecule is CC(C)C[C@H](CN)Cc1nnc(N)n1N. The first-order chi connectivity index (χ1) is 7.04. The second-order valence-electron chi connectivity index (χ2n) is 4.28. The lowest BCUT2D eigenvalue weighted by Gasteiger charge is -2.15. The van der Waals surface area contributed by atoms with Crippen molar-refractivity contribution < 1.29 is 0 Å². The molecule has 6 heteroatoms. The van der Waals surface area contributed by atoms with E-state index in [4.69, 9.17) is 17.3 Å². The van der Waals surface area contributed by atoms with Gasteiger partial charge in [0, 0.05) is 6.42 Å². The van der Waals surface area contributed by atoms with E-state index in [0.29, 0.717) is 24.2 Å². The second-order valence-corrected chi connectivity index (χ2v) is 4.28. The average Bonchev–Trinajstić information content (AvgIpc) is 2.48. The van der Waals surface area contributed by atoms with E-state index in [-0.39, 0.29) is 5.95 Å². The number of nitrogen functional groups attached to an aromatic ring is 2. The zero-order chi connectivity index (χ0) is 11.4. The van der Waals surface area contributed by atoms with Gasteiger partial charge in [0.2, 0.25) is 5.95 Å². The Hall–Kier alpha value is -1.30. The van der Waals surface area contributed by atoms with E-state index in [2.05, 4.69) is 24.0 Å². The van der Waals surface area contributed by atoms with E-state index in [1.807, 2.05) is 0 Å². The lowest BCUT2D eigenvalue weighted by atomic mass is 9.94. The summed E-state index contributed by atoms with van der Waals surface area (Å²) in [5, 5.41) is 7.63. The van der Waals surface area contributed by atoms with Gasteiger partial charge in [0.25, 0.3) is 0 Å². The minimum absolute atomic E-state index is 0.241. The van der Waals surface area contributed by atoms with Crippen molar-refractivity contribution in [3.63, 3.8) is 0 Å². The fourth-order valence-electron chi connectivity index (χ4n) is 1.66. The second kappa shape index (κ2) is 4.97. The summed E-state index contributed by atoms with van der Waals surface area (Å²) < 4.78 is 1.32. The molecule has 6 N–H and O–H groups in total. The maximum absolute atomic E-state index is 5.70. The molecule has 6 nitrogen and oxygen atoms in total. The van der Waals surface area contributed by atoms with Crippen LogP contribution in [0.4, 0.5) is 5.95 Å². The van der Waals surface area contributed by atoms with Gasteiger partial charge in [-0.2, -0.15) is 0 Å². The number of anilines is 1. The molecule has 86 valence electrons. The minimum Gasteiger partial charge on any atom is -0.366 e. The zero-order valence-electron chi connectivity index (χ0n) is 9.35. The van der Waals surface area contributed by atoms with Gasteiger partial charge >= 0.3 is 0 Å². The van der Waals surface area contributed by atoms with Crippen LogP contribution in [0.2, 0.25) is 0 Å². The molecule has 0 amide bonds. The van der Waals surface area contributed by atoms with Crippen molar-refractivity contribution in [2.45, 2.75) is 26.7 Å². The molecule has 15 heavy (non-hydrogen) atoms. The quantitative estimate of drug-likeness (QED) is 0.582.